The van der Waals surface area contributed by atoms with Gasteiger partial charge in [0.05, 0.1) is 11.6 Å². The number of piperazine rings is 1. The molecule has 3 heterocycles. The maximum absolute atomic E-state index is 12.6. The van der Waals surface area contributed by atoms with Crippen LogP contribution in [0.3, 0.4) is 0 Å². The highest BCUT2D eigenvalue weighted by Crippen LogP contribution is 2.23. The van der Waals surface area contributed by atoms with E-state index in [-0.39, 0.29) is 17.9 Å². The summed E-state index contributed by atoms with van der Waals surface area (Å²) in [5.74, 6) is 0.627. The summed E-state index contributed by atoms with van der Waals surface area (Å²) in [6, 6.07) is 13.2. The molecular formula is C21H24N6O2. The molecule has 0 unspecified atom stereocenters. The first-order valence-corrected chi connectivity index (χ1v) is 9.65. The molecule has 0 bridgehead atoms. The van der Waals surface area contributed by atoms with Gasteiger partial charge in [-0.25, -0.2) is 0 Å². The number of rotatable bonds is 4. The SMILES string of the molecule is CC(=O)N1CCN(C)[C@@H](c2nnc3ccc(C(=O)NCc4ccccc4)cn23)C1. The minimum atomic E-state index is -0.155. The molecule has 0 spiro atoms. The van der Waals surface area contributed by atoms with Crippen molar-refractivity contribution < 1.29 is 9.59 Å². The lowest BCUT2D eigenvalue weighted by atomic mass is 10.1. The van der Waals surface area contributed by atoms with Gasteiger partial charge in [0, 0.05) is 39.3 Å². The third kappa shape index (κ3) is 3.97. The number of hydrogen-bond donors (Lipinski definition) is 1. The Labute approximate surface area is 169 Å². The lowest BCUT2D eigenvalue weighted by Gasteiger charge is -2.38. The molecule has 1 fully saturated rings. The van der Waals surface area contributed by atoms with Crippen LogP contribution >= 0.6 is 0 Å². The van der Waals surface area contributed by atoms with Gasteiger partial charge in [-0.05, 0) is 24.7 Å². The molecule has 150 valence electrons. The zero-order valence-corrected chi connectivity index (χ0v) is 16.6. The Balaban J connectivity index is 1.57. The van der Waals surface area contributed by atoms with Crippen molar-refractivity contribution in [1.29, 1.82) is 0 Å². The fourth-order valence-electron chi connectivity index (χ4n) is 3.59. The van der Waals surface area contributed by atoms with Crippen LogP contribution in [-0.2, 0) is 11.3 Å². The lowest BCUT2D eigenvalue weighted by molar-refractivity contribution is -0.131. The van der Waals surface area contributed by atoms with Crippen molar-refractivity contribution in [3.05, 3.63) is 65.6 Å². The minimum absolute atomic E-state index is 0.0536. The number of fused-ring (bicyclic) bond motifs is 1. The molecule has 0 aliphatic carbocycles. The van der Waals surface area contributed by atoms with Gasteiger partial charge in [-0.15, -0.1) is 10.2 Å². The number of amides is 2. The standard InChI is InChI=1S/C21H24N6O2/c1-15(28)26-11-10-25(2)18(14-26)20-24-23-19-9-8-17(13-27(19)20)21(29)22-12-16-6-4-3-5-7-16/h3-9,13,18H,10-12,14H2,1-2H3,(H,22,29)/t18-/m1/s1. The zero-order valence-electron chi connectivity index (χ0n) is 16.6. The van der Waals surface area contributed by atoms with Gasteiger partial charge in [-0.1, -0.05) is 30.3 Å². The quantitative estimate of drug-likeness (QED) is 0.728. The van der Waals surface area contributed by atoms with Gasteiger partial charge in [0.1, 0.15) is 0 Å². The van der Waals surface area contributed by atoms with Crippen LogP contribution in [0.4, 0.5) is 0 Å². The third-order valence-electron chi connectivity index (χ3n) is 5.38. The van der Waals surface area contributed by atoms with Crippen LogP contribution < -0.4 is 5.32 Å². The molecule has 2 aromatic heterocycles. The summed E-state index contributed by atoms with van der Waals surface area (Å²) in [5.41, 5.74) is 2.25. The Bertz CT molecular complexity index is 1030. The van der Waals surface area contributed by atoms with E-state index >= 15 is 0 Å². The fourth-order valence-corrected chi connectivity index (χ4v) is 3.59. The molecule has 0 radical (unpaired) electrons. The molecule has 1 saturated heterocycles. The van der Waals surface area contributed by atoms with Gasteiger partial charge in [0.2, 0.25) is 5.91 Å². The molecule has 3 aromatic rings. The van der Waals surface area contributed by atoms with Crippen LogP contribution in [0.15, 0.2) is 48.7 Å². The Morgan fingerprint density at radius 3 is 2.66 bits per heavy atom. The molecule has 1 atom stereocenters. The number of carbonyl (C=O) groups excluding carboxylic acids is 2. The second-order valence-electron chi connectivity index (χ2n) is 7.33. The minimum Gasteiger partial charge on any atom is -0.348 e. The molecule has 29 heavy (non-hydrogen) atoms. The third-order valence-corrected chi connectivity index (χ3v) is 5.38. The van der Waals surface area contributed by atoms with E-state index in [0.717, 1.165) is 17.9 Å². The summed E-state index contributed by atoms with van der Waals surface area (Å²) in [7, 11) is 2.01. The summed E-state index contributed by atoms with van der Waals surface area (Å²) in [6.45, 7) is 4.06. The van der Waals surface area contributed by atoms with Gasteiger partial charge >= 0.3 is 0 Å². The predicted octanol–water partition coefficient (Wildman–Crippen LogP) is 1.49. The fraction of sp³-hybridized carbons (Fsp3) is 0.333. The van der Waals surface area contributed by atoms with Crippen LogP contribution in [0.1, 0.15) is 34.7 Å². The van der Waals surface area contributed by atoms with Crippen LogP contribution in [-0.4, -0.2) is 62.9 Å². The molecule has 2 amide bonds. The number of hydrogen-bond acceptors (Lipinski definition) is 5. The number of benzene rings is 1. The number of nitrogens with zero attached hydrogens (tertiary/aromatic N) is 5. The normalized spacial score (nSPS) is 17.4. The first kappa shape index (κ1) is 19.1. The van der Waals surface area contributed by atoms with Crippen molar-refractivity contribution >= 4 is 17.5 Å². The average molecular weight is 392 g/mol. The maximum atomic E-state index is 12.6. The maximum Gasteiger partial charge on any atom is 0.253 e. The molecule has 1 aromatic carbocycles. The smallest absolute Gasteiger partial charge is 0.253 e. The van der Waals surface area contributed by atoms with Crippen LogP contribution in [0, 0.1) is 0 Å². The number of aromatic nitrogens is 3. The van der Waals surface area contributed by atoms with Crippen LogP contribution in [0.2, 0.25) is 0 Å². The molecule has 1 aliphatic heterocycles. The van der Waals surface area contributed by atoms with Gasteiger partial charge in [0.25, 0.3) is 5.91 Å². The summed E-state index contributed by atoms with van der Waals surface area (Å²) in [6.07, 6.45) is 1.77. The lowest BCUT2D eigenvalue weighted by Crippen LogP contribution is -2.48. The van der Waals surface area contributed by atoms with Gasteiger partial charge in [-0.3, -0.25) is 18.9 Å². The first-order valence-electron chi connectivity index (χ1n) is 9.65. The molecular weight excluding hydrogens is 368 g/mol. The molecule has 4 rings (SSSR count). The number of nitrogens with one attached hydrogen (secondary N) is 1. The highest BCUT2D eigenvalue weighted by Gasteiger charge is 2.30. The summed E-state index contributed by atoms with van der Waals surface area (Å²) >= 11 is 0. The molecule has 0 saturated carbocycles. The average Bonchev–Trinajstić information content (AvgIpc) is 3.16. The first-order chi connectivity index (χ1) is 14.0. The van der Waals surface area contributed by atoms with Gasteiger partial charge < -0.3 is 10.2 Å². The van der Waals surface area contributed by atoms with Crippen molar-refractivity contribution in [1.82, 2.24) is 29.7 Å². The van der Waals surface area contributed by atoms with Crippen LogP contribution in [0.25, 0.3) is 5.65 Å². The topological polar surface area (TPSA) is 82.8 Å². The van der Waals surface area contributed by atoms with E-state index in [4.69, 9.17) is 0 Å². The van der Waals surface area contributed by atoms with E-state index in [1.54, 1.807) is 25.3 Å². The summed E-state index contributed by atoms with van der Waals surface area (Å²) in [4.78, 5) is 28.5. The molecule has 1 aliphatic rings. The van der Waals surface area contributed by atoms with E-state index in [2.05, 4.69) is 20.4 Å². The monoisotopic (exact) mass is 392 g/mol. The Kier molecular flexibility index (Phi) is 5.26. The van der Waals surface area contributed by atoms with Crippen molar-refractivity contribution in [2.24, 2.45) is 0 Å². The second-order valence-corrected chi connectivity index (χ2v) is 7.33. The predicted molar refractivity (Wildman–Crippen MR) is 108 cm³/mol. The highest BCUT2D eigenvalue weighted by molar-refractivity contribution is 5.94. The van der Waals surface area contributed by atoms with Crippen molar-refractivity contribution in [3.63, 3.8) is 0 Å². The largest absolute Gasteiger partial charge is 0.348 e. The van der Waals surface area contributed by atoms with Crippen LogP contribution in [0.5, 0.6) is 0 Å². The second kappa shape index (κ2) is 8.00. The van der Waals surface area contributed by atoms with E-state index in [1.165, 1.54) is 0 Å². The van der Waals surface area contributed by atoms with Crippen molar-refractivity contribution in [2.45, 2.75) is 19.5 Å². The highest BCUT2D eigenvalue weighted by atomic mass is 16.2. The summed E-state index contributed by atoms with van der Waals surface area (Å²) < 4.78 is 1.85. The Hall–Kier alpha value is -3.26. The Morgan fingerprint density at radius 2 is 1.90 bits per heavy atom. The van der Waals surface area contributed by atoms with E-state index in [0.29, 0.717) is 30.8 Å². The van der Waals surface area contributed by atoms with Crippen molar-refractivity contribution in [2.75, 3.05) is 26.7 Å². The van der Waals surface area contributed by atoms with Crippen molar-refractivity contribution in [3.8, 4) is 0 Å². The van der Waals surface area contributed by atoms with E-state index in [9.17, 15) is 9.59 Å². The zero-order chi connectivity index (χ0) is 20.4. The van der Waals surface area contributed by atoms with E-state index < -0.39 is 0 Å². The molecule has 1 N–H and O–H groups in total. The van der Waals surface area contributed by atoms with E-state index in [1.807, 2.05) is 46.7 Å². The summed E-state index contributed by atoms with van der Waals surface area (Å²) in [5, 5.41) is 11.5. The number of pyridine rings is 1. The number of likely N-dealkylation sites (N-methyl/N-ethyl adjacent to an activating group) is 1. The molecule has 8 heteroatoms. The number of carbonyl (C=O) groups is 2. The van der Waals surface area contributed by atoms with Gasteiger partial charge in [-0.2, -0.15) is 0 Å². The van der Waals surface area contributed by atoms with Gasteiger partial charge in [0.15, 0.2) is 11.5 Å². The molecule has 8 nitrogen and oxygen atoms in total. The Morgan fingerprint density at radius 1 is 1.10 bits per heavy atom.